The third kappa shape index (κ3) is 1.77. The highest BCUT2D eigenvalue weighted by atomic mass is 19.1. The number of carboxylic acids is 1. The number of aromatic carboxylic acids is 1. The van der Waals surface area contributed by atoms with Crippen molar-refractivity contribution in [2.24, 2.45) is 0 Å². The molecule has 1 aromatic heterocycles. The summed E-state index contributed by atoms with van der Waals surface area (Å²) in [6.07, 6.45) is 1.86. The van der Waals surface area contributed by atoms with E-state index in [0.29, 0.717) is 11.3 Å². The monoisotopic (exact) mass is 247 g/mol. The summed E-state index contributed by atoms with van der Waals surface area (Å²) < 4.78 is 18.0. The molecule has 0 spiro atoms. The number of nitrogens with zero attached hydrogens (tertiary/aromatic N) is 1. The summed E-state index contributed by atoms with van der Waals surface area (Å²) in [5, 5.41) is 13.1. The van der Waals surface area contributed by atoms with Gasteiger partial charge in [-0.05, 0) is 37.1 Å². The zero-order valence-corrected chi connectivity index (χ0v) is 9.39. The first-order chi connectivity index (χ1) is 8.66. The first kappa shape index (κ1) is 11.0. The second-order valence-corrected chi connectivity index (χ2v) is 4.36. The van der Waals surface area contributed by atoms with Crippen LogP contribution in [-0.4, -0.2) is 16.2 Å². The van der Waals surface area contributed by atoms with Crippen molar-refractivity contribution in [1.82, 2.24) is 5.16 Å². The van der Waals surface area contributed by atoms with Gasteiger partial charge in [-0.15, -0.1) is 0 Å². The van der Waals surface area contributed by atoms with Gasteiger partial charge in [-0.3, -0.25) is 0 Å². The predicted octanol–water partition coefficient (Wildman–Crippen LogP) is 3.06. The van der Waals surface area contributed by atoms with Gasteiger partial charge in [-0.2, -0.15) is 0 Å². The summed E-state index contributed by atoms with van der Waals surface area (Å²) in [6, 6.07) is 5.53. The first-order valence-electron chi connectivity index (χ1n) is 5.65. The Morgan fingerprint density at radius 2 is 2.00 bits per heavy atom. The number of benzene rings is 1. The molecule has 1 saturated carbocycles. The maximum Gasteiger partial charge on any atom is 0.341 e. The summed E-state index contributed by atoms with van der Waals surface area (Å²) in [7, 11) is 0. The quantitative estimate of drug-likeness (QED) is 0.905. The Morgan fingerprint density at radius 3 is 2.56 bits per heavy atom. The molecule has 0 aliphatic heterocycles. The van der Waals surface area contributed by atoms with Crippen LogP contribution in [-0.2, 0) is 0 Å². The molecule has 1 heterocycles. The Bertz CT molecular complexity index is 599. The summed E-state index contributed by atoms with van der Waals surface area (Å²) in [6.45, 7) is 0. The molecule has 0 atom stereocenters. The van der Waals surface area contributed by atoms with Crippen molar-refractivity contribution >= 4 is 5.97 Å². The molecular formula is C13H10FNO3. The minimum atomic E-state index is -1.06. The van der Waals surface area contributed by atoms with E-state index in [-0.39, 0.29) is 23.0 Å². The molecule has 1 aliphatic carbocycles. The Balaban J connectivity index is 2.11. The van der Waals surface area contributed by atoms with Crippen LogP contribution < -0.4 is 0 Å². The molecule has 3 rings (SSSR count). The third-order valence-electron chi connectivity index (χ3n) is 3.00. The minimum Gasteiger partial charge on any atom is -0.477 e. The second kappa shape index (κ2) is 3.94. The Hall–Kier alpha value is -2.17. The number of hydrogen-bond donors (Lipinski definition) is 1. The molecule has 1 aliphatic rings. The lowest BCUT2D eigenvalue weighted by Crippen LogP contribution is -2.00. The zero-order chi connectivity index (χ0) is 12.7. The van der Waals surface area contributed by atoms with Gasteiger partial charge in [0, 0.05) is 11.5 Å². The number of rotatable bonds is 3. The molecule has 0 unspecified atom stereocenters. The summed E-state index contributed by atoms with van der Waals surface area (Å²) in [5.74, 6) is -0.835. The van der Waals surface area contributed by atoms with E-state index in [2.05, 4.69) is 5.16 Å². The zero-order valence-electron chi connectivity index (χ0n) is 9.39. The molecular weight excluding hydrogens is 237 g/mol. The average Bonchev–Trinajstić information content (AvgIpc) is 3.09. The van der Waals surface area contributed by atoms with Crippen LogP contribution in [0.4, 0.5) is 4.39 Å². The fourth-order valence-electron chi connectivity index (χ4n) is 1.94. The molecule has 5 heteroatoms. The molecule has 0 saturated heterocycles. The number of carboxylic acid groups (broad SMARTS) is 1. The third-order valence-corrected chi connectivity index (χ3v) is 3.00. The van der Waals surface area contributed by atoms with Crippen LogP contribution in [0.15, 0.2) is 28.8 Å². The number of carbonyl (C=O) groups is 1. The smallest absolute Gasteiger partial charge is 0.341 e. The van der Waals surface area contributed by atoms with E-state index in [9.17, 15) is 14.3 Å². The highest BCUT2D eigenvalue weighted by Gasteiger charge is 2.35. The van der Waals surface area contributed by atoms with E-state index in [0.717, 1.165) is 12.8 Å². The molecule has 1 fully saturated rings. The maximum atomic E-state index is 12.8. The Labute approximate surface area is 102 Å². The molecule has 0 amide bonds. The molecule has 1 N–H and O–H groups in total. The van der Waals surface area contributed by atoms with Gasteiger partial charge in [0.05, 0.1) is 0 Å². The first-order valence-corrected chi connectivity index (χ1v) is 5.65. The number of halogens is 1. The average molecular weight is 247 g/mol. The highest BCUT2D eigenvalue weighted by Crippen LogP contribution is 2.43. The molecule has 0 bridgehead atoms. The number of aromatic nitrogens is 1. The van der Waals surface area contributed by atoms with E-state index in [1.807, 2.05) is 0 Å². The Kier molecular flexibility index (Phi) is 2.40. The van der Waals surface area contributed by atoms with Crippen molar-refractivity contribution in [2.75, 3.05) is 0 Å². The van der Waals surface area contributed by atoms with Crippen LogP contribution >= 0.6 is 0 Å². The summed E-state index contributed by atoms with van der Waals surface area (Å²) in [4.78, 5) is 11.3. The van der Waals surface area contributed by atoms with E-state index in [1.54, 1.807) is 0 Å². The van der Waals surface area contributed by atoms with E-state index >= 15 is 0 Å². The lowest BCUT2D eigenvalue weighted by atomic mass is 10.0. The van der Waals surface area contributed by atoms with Gasteiger partial charge in [0.25, 0.3) is 0 Å². The highest BCUT2D eigenvalue weighted by molar-refractivity contribution is 5.96. The summed E-state index contributed by atoms with van der Waals surface area (Å²) in [5.41, 5.74) is 0.915. The van der Waals surface area contributed by atoms with Crippen molar-refractivity contribution in [3.05, 3.63) is 41.4 Å². The SMILES string of the molecule is O=C(O)c1c(-c2ccc(F)cc2)noc1C1CC1. The van der Waals surface area contributed by atoms with Crippen LogP contribution in [0.3, 0.4) is 0 Å². The van der Waals surface area contributed by atoms with E-state index in [4.69, 9.17) is 4.52 Å². The fraction of sp³-hybridized carbons (Fsp3) is 0.231. The van der Waals surface area contributed by atoms with Crippen molar-refractivity contribution in [2.45, 2.75) is 18.8 Å². The lowest BCUT2D eigenvalue weighted by Gasteiger charge is -1.98. The fourth-order valence-corrected chi connectivity index (χ4v) is 1.94. The van der Waals surface area contributed by atoms with Gasteiger partial charge >= 0.3 is 5.97 Å². The molecule has 2 aromatic rings. The Morgan fingerprint density at radius 1 is 1.33 bits per heavy atom. The van der Waals surface area contributed by atoms with Crippen LogP contribution in [0, 0.1) is 5.82 Å². The van der Waals surface area contributed by atoms with E-state index < -0.39 is 5.97 Å². The number of hydrogen-bond acceptors (Lipinski definition) is 3. The van der Waals surface area contributed by atoms with Crippen LogP contribution in [0.1, 0.15) is 34.9 Å². The maximum absolute atomic E-state index is 12.8. The lowest BCUT2D eigenvalue weighted by molar-refractivity contribution is 0.0695. The molecule has 1 aromatic carbocycles. The topological polar surface area (TPSA) is 63.3 Å². The van der Waals surface area contributed by atoms with Crippen molar-refractivity contribution < 1.29 is 18.8 Å². The van der Waals surface area contributed by atoms with Gasteiger partial charge in [0.1, 0.15) is 17.1 Å². The van der Waals surface area contributed by atoms with Gasteiger partial charge in [0.2, 0.25) is 0 Å². The van der Waals surface area contributed by atoms with Crippen LogP contribution in [0.25, 0.3) is 11.3 Å². The normalized spacial score (nSPS) is 14.7. The van der Waals surface area contributed by atoms with Gasteiger partial charge < -0.3 is 9.63 Å². The minimum absolute atomic E-state index is 0.101. The van der Waals surface area contributed by atoms with Gasteiger partial charge in [-0.1, -0.05) is 5.16 Å². The van der Waals surface area contributed by atoms with Gasteiger partial charge in [-0.25, -0.2) is 9.18 Å². The van der Waals surface area contributed by atoms with Crippen molar-refractivity contribution in [1.29, 1.82) is 0 Å². The van der Waals surface area contributed by atoms with Crippen LogP contribution in [0.2, 0.25) is 0 Å². The summed E-state index contributed by atoms with van der Waals surface area (Å²) >= 11 is 0. The predicted molar refractivity (Wildman–Crippen MR) is 60.8 cm³/mol. The molecule has 4 nitrogen and oxygen atoms in total. The van der Waals surface area contributed by atoms with Crippen molar-refractivity contribution in [3.8, 4) is 11.3 Å². The second-order valence-electron chi connectivity index (χ2n) is 4.36. The van der Waals surface area contributed by atoms with Gasteiger partial charge in [0.15, 0.2) is 5.76 Å². The van der Waals surface area contributed by atoms with Crippen molar-refractivity contribution in [3.63, 3.8) is 0 Å². The largest absolute Gasteiger partial charge is 0.477 e. The molecule has 18 heavy (non-hydrogen) atoms. The van der Waals surface area contributed by atoms with Crippen LogP contribution in [0.5, 0.6) is 0 Å². The van der Waals surface area contributed by atoms with E-state index in [1.165, 1.54) is 24.3 Å². The standard InChI is InChI=1S/C13H10FNO3/c14-9-5-3-7(4-6-9)11-10(13(16)17)12(18-15-11)8-1-2-8/h3-6,8H,1-2H2,(H,16,17). The molecule has 92 valence electrons. The molecule has 0 radical (unpaired) electrons.